The minimum Gasteiger partial charge on any atom is -0.480 e. The summed E-state index contributed by atoms with van der Waals surface area (Å²) in [6.07, 6.45) is 0.0206. The summed E-state index contributed by atoms with van der Waals surface area (Å²) in [5, 5.41) is 11.2. The highest BCUT2D eigenvalue weighted by Crippen LogP contribution is 2.17. The number of ether oxygens (including phenoxy) is 2. The van der Waals surface area contributed by atoms with Crippen molar-refractivity contribution in [2.45, 2.75) is 18.6 Å². The van der Waals surface area contributed by atoms with Gasteiger partial charge in [0, 0.05) is 12.2 Å². The summed E-state index contributed by atoms with van der Waals surface area (Å²) in [7, 11) is 0. The third-order valence-corrected chi connectivity index (χ3v) is 3.50. The second kappa shape index (κ2) is 7.53. The second-order valence-electron chi connectivity index (χ2n) is 4.82. The van der Waals surface area contributed by atoms with Gasteiger partial charge < -0.3 is 19.9 Å². The molecule has 0 aliphatic carbocycles. The van der Waals surface area contributed by atoms with E-state index in [0.29, 0.717) is 13.0 Å². The summed E-state index contributed by atoms with van der Waals surface area (Å²) >= 11 is 5.64. The maximum absolute atomic E-state index is 13.1. The molecule has 22 heavy (non-hydrogen) atoms. The van der Waals surface area contributed by atoms with Crippen LogP contribution >= 0.6 is 11.6 Å². The van der Waals surface area contributed by atoms with Crippen molar-refractivity contribution in [2.75, 3.05) is 19.8 Å². The van der Waals surface area contributed by atoms with E-state index in [1.165, 1.54) is 12.1 Å². The first-order valence-electron chi connectivity index (χ1n) is 6.64. The van der Waals surface area contributed by atoms with Crippen LogP contribution in [0.15, 0.2) is 18.2 Å². The number of halogens is 2. The number of carboxylic acid groups (broad SMARTS) is 1. The fourth-order valence-electron chi connectivity index (χ4n) is 2.12. The standard InChI is InChI=1S/C14H15ClFNO5/c15-9-5-8(1-2-10(9)16)14(20)17-11-6-21-4-3-12(11)22-7-13(18)19/h1-2,5,11-12H,3-4,6-7H2,(H,17,20)(H,18,19)/t11-,12+/m0/s1. The Labute approximate surface area is 131 Å². The Bertz CT molecular complexity index is 568. The largest absolute Gasteiger partial charge is 0.480 e. The second-order valence-corrected chi connectivity index (χ2v) is 5.22. The highest BCUT2D eigenvalue weighted by molar-refractivity contribution is 6.31. The number of aliphatic carboxylic acids is 1. The van der Waals surface area contributed by atoms with Crippen LogP contribution in [0.25, 0.3) is 0 Å². The maximum atomic E-state index is 13.1. The van der Waals surface area contributed by atoms with Gasteiger partial charge in [-0.3, -0.25) is 4.79 Å². The Kier molecular flexibility index (Phi) is 5.70. The van der Waals surface area contributed by atoms with Crippen molar-refractivity contribution in [3.8, 4) is 0 Å². The monoisotopic (exact) mass is 331 g/mol. The third-order valence-electron chi connectivity index (χ3n) is 3.21. The molecule has 1 heterocycles. The molecule has 0 saturated carbocycles. The quantitative estimate of drug-likeness (QED) is 0.853. The van der Waals surface area contributed by atoms with E-state index >= 15 is 0 Å². The van der Waals surface area contributed by atoms with Crippen LogP contribution in [0.4, 0.5) is 4.39 Å². The molecule has 2 rings (SSSR count). The molecule has 1 saturated heterocycles. The molecule has 1 aromatic carbocycles. The molecule has 6 nitrogen and oxygen atoms in total. The molecule has 0 spiro atoms. The number of rotatable bonds is 5. The summed E-state index contributed by atoms with van der Waals surface area (Å²) in [5.74, 6) is -2.15. The molecule has 1 amide bonds. The maximum Gasteiger partial charge on any atom is 0.329 e. The van der Waals surface area contributed by atoms with Crippen molar-refractivity contribution < 1.29 is 28.6 Å². The summed E-state index contributed by atoms with van der Waals surface area (Å²) in [4.78, 5) is 22.7. The van der Waals surface area contributed by atoms with E-state index in [0.717, 1.165) is 6.07 Å². The van der Waals surface area contributed by atoms with Gasteiger partial charge in [-0.15, -0.1) is 0 Å². The van der Waals surface area contributed by atoms with Gasteiger partial charge in [0.2, 0.25) is 0 Å². The predicted molar refractivity (Wildman–Crippen MR) is 75.5 cm³/mol. The SMILES string of the molecule is O=C(O)CO[C@@H]1CCOC[C@@H]1NC(=O)c1ccc(F)c(Cl)c1. The molecule has 0 aromatic heterocycles. The molecule has 0 bridgehead atoms. The number of carboxylic acids is 1. The number of carbonyl (C=O) groups is 2. The van der Waals surface area contributed by atoms with Crippen LogP contribution in [0.5, 0.6) is 0 Å². The molecule has 1 fully saturated rings. The van der Waals surface area contributed by atoms with Crippen LogP contribution in [0.1, 0.15) is 16.8 Å². The van der Waals surface area contributed by atoms with Crippen molar-refractivity contribution in [3.63, 3.8) is 0 Å². The van der Waals surface area contributed by atoms with Gasteiger partial charge in [0.15, 0.2) is 0 Å². The van der Waals surface area contributed by atoms with E-state index in [-0.39, 0.29) is 17.2 Å². The van der Waals surface area contributed by atoms with Crippen LogP contribution in [0.3, 0.4) is 0 Å². The lowest BCUT2D eigenvalue weighted by Gasteiger charge is -2.31. The first kappa shape index (κ1) is 16.7. The number of hydrogen-bond donors (Lipinski definition) is 2. The predicted octanol–water partition coefficient (Wildman–Crippen LogP) is 1.47. The summed E-state index contributed by atoms with van der Waals surface area (Å²) in [5.41, 5.74) is 0.203. The average Bonchev–Trinajstić information content (AvgIpc) is 2.49. The summed E-state index contributed by atoms with van der Waals surface area (Å²) in [6.45, 7) is 0.198. The fraction of sp³-hybridized carbons (Fsp3) is 0.429. The Hall–Kier alpha value is -1.70. The van der Waals surface area contributed by atoms with Gasteiger partial charge in [0.25, 0.3) is 5.91 Å². The number of carbonyl (C=O) groups excluding carboxylic acids is 1. The zero-order chi connectivity index (χ0) is 16.1. The Morgan fingerprint density at radius 1 is 1.50 bits per heavy atom. The van der Waals surface area contributed by atoms with E-state index in [4.69, 9.17) is 26.2 Å². The lowest BCUT2D eigenvalue weighted by Crippen LogP contribution is -2.51. The lowest BCUT2D eigenvalue weighted by molar-refractivity contribution is -0.147. The Morgan fingerprint density at radius 2 is 2.27 bits per heavy atom. The van der Waals surface area contributed by atoms with Crippen LogP contribution in [0, 0.1) is 5.82 Å². The average molecular weight is 332 g/mol. The molecule has 0 unspecified atom stereocenters. The molecule has 8 heteroatoms. The third kappa shape index (κ3) is 4.40. The number of nitrogens with one attached hydrogen (secondary N) is 1. The smallest absolute Gasteiger partial charge is 0.329 e. The van der Waals surface area contributed by atoms with Gasteiger partial charge in [-0.05, 0) is 24.6 Å². The molecule has 2 N–H and O–H groups in total. The van der Waals surface area contributed by atoms with Gasteiger partial charge in [-0.25, -0.2) is 9.18 Å². The number of amides is 1. The molecular weight excluding hydrogens is 317 g/mol. The molecular formula is C14H15ClFNO5. The van der Waals surface area contributed by atoms with E-state index in [1.54, 1.807) is 0 Å². The Morgan fingerprint density at radius 3 is 2.95 bits per heavy atom. The molecule has 0 radical (unpaired) electrons. The van der Waals surface area contributed by atoms with Gasteiger partial charge in [0.1, 0.15) is 12.4 Å². The van der Waals surface area contributed by atoms with E-state index in [9.17, 15) is 14.0 Å². The first-order valence-corrected chi connectivity index (χ1v) is 7.02. The van der Waals surface area contributed by atoms with Crippen LogP contribution in [-0.2, 0) is 14.3 Å². The molecule has 1 aromatic rings. The summed E-state index contributed by atoms with van der Waals surface area (Å²) in [6, 6.07) is 3.16. The van der Waals surface area contributed by atoms with E-state index in [1.807, 2.05) is 0 Å². The summed E-state index contributed by atoms with van der Waals surface area (Å²) < 4.78 is 23.6. The zero-order valence-electron chi connectivity index (χ0n) is 11.6. The van der Waals surface area contributed by atoms with Gasteiger partial charge in [0.05, 0.1) is 23.8 Å². The molecule has 120 valence electrons. The van der Waals surface area contributed by atoms with Crippen LogP contribution in [-0.4, -0.2) is 48.9 Å². The van der Waals surface area contributed by atoms with E-state index < -0.39 is 36.4 Å². The molecule has 1 aliphatic rings. The van der Waals surface area contributed by atoms with E-state index in [2.05, 4.69) is 5.32 Å². The minimum atomic E-state index is -1.08. The highest BCUT2D eigenvalue weighted by Gasteiger charge is 2.29. The van der Waals surface area contributed by atoms with Crippen molar-refractivity contribution in [1.29, 1.82) is 0 Å². The Balaban J connectivity index is 2.01. The van der Waals surface area contributed by atoms with Crippen molar-refractivity contribution >= 4 is 23.5 Å². The number of hydrogen-bond acceptors (Lipinski definition) is 4. The minimum absolute atomic E-state index is 0.147. The normalized spacial score (nSPS) is 21.4. The molecule has 2 atom stereocenters. The zero-order valence-corrected chi connectivity index (χ0v) is 12.3. The topological polar surface area (TPSA) is 84.9 Å². The van der Waals surface area contributed by atoms with Gasteiger partial charge >= 0.3 is 5.97 Å². The van der Waals surface area contributed by atoms with Gasteiger partial charge in [-0.1, -0.05) is 11.6 Å². The number of benzene rings is 1. The fourth-order valence-corrected chi connectivity index (χ4v) is 2.30. The molecule has 1 aliphatic heterocycles. The highest BCUT2D eigenvalue weighted by atomic mass is 35.5. The van der Waals surface area contributed by atoms with Crippen LogP contribution in [0.2, 0.25) is 5.02 Å². The van der Waals surface area contributed by atoms with Crippen molar-refractivity contribution in [3.05, 3.63) is 34.6 Å². The first-order chi connectivity index (χ1) is 10.5. The lowest BCUT2D eigenvalue weighted by atomic mass is 10.1. The van der Waals surface area contributed by atoms with Gasteiger partial charge in [-0.2, -0.15) is 0 Å². The van der Waals surface area contributed by atoms with Crippen molar-refractivity contribution in [2.24, 2.45) is 0 Å². The van der Waals surface area contributed by atoms with Crippen LogP contribution < -0.4 is 5.32 Å². The van der Waals surface area contributed by atoms with Crippen molar-refractivity contribution in [1.82, 2.24) is 5.32 Å².